The maximum Gasteiger partial charge on any atom is 0.338 e. The number of Topliss-reactive ketones (excluding diaryl/α,β-unsaturated/α-hetero) is 1. The zero-order chi connectivity index (χ0) is 18.8. The molecule has 6 nitrogen and oxygen atoms in total. The van der Waals surface area contributed by atoms with Gasteiger partial charge in [0.2, 0.25) is 5.78 Å². The van der Waals surface area contributed by atoms with Gasteiger partial charge in [0.25, 0.3) is 0 Å². The molecule has 1 heterocycles. The molecule has 0 unspecified atom stereocenters. The van der Waals surface area contributed by atoms with Gasteiger partial charge in [0.15, 0.2) is 6.61 Å². The third-order valence-corrected chi connectivity index (χ3v) is 4.62. The Balaban J connectivity index is 1.70. The SMILES string of the molecule is COc1cc(OC)cc(C(=O)OCC(=O)c2cc(C)n(C3CC3)c2C)c1. The zero-order valence-electron chi connectivity index (χ0n) is 15.5. The molecule has 0 N–H and O–H groups in total. The van der Waals surface area contributed by atoms with E-state index in [1.807, 2.05) is 19.9 Å². The molecule has 0 bridgehead atoms. The van der Waals surface area contributed by atoms with Crippen molar-refractivity contribution >= 4 is 11.8 Å². The molecule has 1 saturated carbocycles. The predicted octanol–water partition coefficient (Wildman–Crippen LogP) is 3.50. The first kappa shape index (κ1) is 18.0. The Morgan fingerprint density at radius 1 is 1.04 bits per heavy atom. The number of esters is 1. The van der Waals surface area contributed by atoms with Gasteiger partial charge in [-0.1, -0.05) is 0 Å². The number of carbonyl (C=O) groups excluding carboxylic acids is 2. The molecule has 1 aliphatic carbocycles. The van der Waals surface area contributed by atoms with E-state index in [1.54, 1.807) is 18.2 Å². The highest BCUT2D eigenvalue weighted by atomic mass is 16.5. The maximum atomic E-state index is 12.5. The molecule has 1 aromatic heterocycles. The van der Waals surface area contributed by atoms with Gasteiger partial charge in [0, 0.05) is 29.1 Å². The Hall–Kier alpha value is -2.76. The standard InChI is InChI=1S/C20H23NO5/c1-12-7-18(13(2)21(12)15-5-6-15)19(22)11-26-20(23)14-8-16(24-3)10-17(9-14)25-4/h7-10,15H,5-6,11H2,1-4H3. The summed E-state index contributed by atoms with van der Waals surface area (Å²) in [5, 5.41) is 0. The molecule has 0 spiro atoms. The van der Waals surface area contributed by atoms with E-state index in [0.717, 1.165) is 24.2 Å². The Morgan fingerprint density at radius 2 is 1.65 bits per heavy atom. The Morgan fingerprint density at radius 3 is 2.19 bits per heavy atom. The summed E-state index contributed by atoms with van der Waals surface area (Å²) in [6, 6.07) is 7.14. The van der Waals surface area contributed by atoms with E-state index in [1.165, 1.54) is 14.2 Å². The summed E-state index contributed by atoms with van der Waals surface area (Å²) < 4.78 is 17.7. The number of hydrogen-bond donors (Lipinski definition) is 0. The molecule has 1 aliphatic rings. The van der Waals surface area contributed by atoms with E-state index in [9.17, 15) is 9.59 Å². The number of aryl methyl sites for hydroxylation is 1. The summed E-state index contributed by atoms with van der Waals surface area (Å²) in [5.41, 5.74) is 2.90. The third kappa shape index (κ3) is 3.59. The van der Waals surface area contributed by atoms with Crippen molar-refractivity contribution in [2.45, 2.75) is 32.7 Å². The van der Waals surface area contributed by atoms with Gasteiger partial charge >= 0.3 is 5.97 Å². The molecule has 26 heavy (non-hydrogen) atoms. The summed E-state index contributed by atoms with van der Waals surface area (Å²) in [4.78, 5) is 24.8. The lowest BCUT2D eigenvalue weighted by Gasteiger charge is -2.09. The van der Waals surface area contributed by atoms with Crippen LogP contribution < -0.4 is 9.47 Å². The second-order valence-electron chi connectivity index (χ2n) is 6.49. The third-order valence-electron chi connectivity index (χ3n) is 4.62. The molecule has 0 amide bonds. The fraction of sp³-hybridized carbons (Fsp3) is 0.400. The lowest BCUT2D eigenvalue weighted by atomic mass is 10.1. The van der Waals surface area contributed by atoms with E-state index in [-0.39, 0.29) is 18.0 Å². The molecule has 0 radical (unpaired) electrons. The lowest BCUT2D eigenvalue weighted by Crippen LogP contribution is -2.15. The number of nitrogens with zero attached hydrogens (tertiary/aromatic N) is 1. The van der Waals surface area contributed by atoms with Gasteiger partial charge < -0.3 is 18.8 Å². The molecule has 6 heteroatoms. The average molecular weight is 357 g/mol. The summed E-state index contributed by atoms with van der Waals surface area (Å²) in [5.74, 6) is 0.172. The Bertz CT molecular complexity index is 826. The van der Waals surface area contributed by atoms with Crippen molar-refractivity contribution in [2.75, 3.05) is 20.8 Å². The van der Waals surface area contributed by atoms with Gasteiger partial charge in [-0.05, 0) is 44.9 Å². The maximum absolute atomic E-state index is 12.5. The van der Waals surface area contributed by atoms with Crippen molar-refractivity contribution in [3.05, 3.63) is 46.8 Å². The molecule has 3 rings (SSSR count). The second kappa shape index (κ2) is 7.23. The minimum atomic E-state index is -0.591. The normalized spacial score (nSPS) is 13.4. The molecular weight excluding hydrogens is 334 g/mol. The number of ether oxygens (including phenoxy) is 3. The quantitative estimate of drug-likeness (QED) is 0.560. The largest absolute Gasteiger partial charge is 0.497 e. The van der Waals surface area contributed by atoms with Crippen LogP contribution >= 0.6 is 0 Å². The second-order valence-corrected chi connectivity index (χ2v) is 6.49. The van der Waals surface area contributed by atoms with Gasteiger partial charge in [-0.2, -0.15) is 0 Å². The van der Waals surface area contributed by atoms with Gasteiger partial charge in [0.1, 0.15) is 11.5 Å². The van der Waals surface area contributed by atoms with Crippen LogP contribution in [0.25, 0.3) is 0 Å². The summed E-state index contributed by atoms with van der Waals surface area (Å²) in [6.45, 7) is 3.64. The van der Waals surface area contributed by atoms with Gasteiger partial charge in [-0.25, -0.2) is 4.79 Å². The molecule has 138 valence electrons. The van der Waals surface area contributed by atoms with Crippen LogP contribution in [0.15, 0.2) is 24.3 Å². The summed E-state index contributed by atoms with van der Waals surface area (Å²) in [7, 11) is 3.01. The van der Waals surface area contributed by atoms with Crippen molar-refractivity contribution in [1.82, 2.24) is 4.57 Å². The monoisotopic (exact) mass is 357 g/mol. The van der Waals surface area contributed by atoms with Crippen molar-refractivity contribution in [3.8, 4) is 11.5 Å². The summed E-state index contributed by atoms with van der Waals surface area (Å²) >= 11 is 0. The van der Waals surface area contributed by atoms with Gasteiger partial charge in [-0.3, -0.25) is 4.79 Å². The number of carbonyl (C=O) groups is 2. The Labute approximate surface area is 152 Å². The van der Waals surface area contributed by atoms with Crippen LogP contribution in [0.5, 0.6) is 11.5 Å². The van der Waals surface area contributed by atoms with Crippen LogP contribution in [0.3, 0.4) is 0 Å². The first-order chi connectivity index (χ1) is 12.4. The number of rotatable bonds is 7. The lowest BCUT2D eigenvalue weighted by molar-refractivity contribution is 0.0474. The summed E-state index contributed by atoms with van der Waals surface area (Å²) in [6.07, 6.45) is 2.30. The molecule has 2 aromatic rings. The van der Waals surface area contributed by atoms with Crippen molar-refractivity contribution < 1.29 is 23.8 Å². The molecular formula is C20H23NO5. The van der Waals surface area contributed by atoms with E-state index in [2.05, 4.69) is 4.57 Å². The number of aromatic nitrogens is 1. The highest BCUT2D eigenvalue weighted by Gasteiger charge is 2.28. The predicted molar refractivity (Wildman–Crippen MR) is 96.3 cm³/mol. The average Bonchev–Trinajstić information content (AvgIpc) is 3.43. The fourth-order valence-corrected chi connectivity index (χ4v) is 3.17. The number of benzene rings is 1. The van der Waals surface area contributed by atoms with Crippen molar-refractivity contribution in [2.24, 2.45) is 0 Å². The number of hydrogen-bond acceptors (Lipinski definition) is 5. The van der Waals surface area contributed by atoms with Gasteiger partial charge in [0.05, 0.1) is 19.8 Å². The van der Waals surface area contributed by atoms with Crippen LogP contribution in [0.2, 0.25) is 0 Å². The highest BCUT2D eigenvalue weighted by molar-refractivity contribution is 6.00. The molecule has 1 fully saturated rings. The molecule has 1 aromatic carbocycles. The fourth-order valence-electron chi connectivity index (χ4n) is 3.17. The first-order valence-corrected chi connectivity index (χ1v) is 8.56. The van der Waals surface area contributed by atoms with Crippen LogP contribution in [0.1, 0.15) is 51.0 Å². The van der Waals surface area contributed by atoms with Crippen LogP contribution in [0, 0.1) is 13.8 Å². The van der Waals surface area contributed by atoms with Crippen LogP contribution in [0.4, 0.5) is 0 Å². The van der Waals surface area contributed by atoms with Crippen LogP contribution in [-0.2, 0) is 4.74 Å². The van der Waals surface area contributed by atoms with E-state index in [0.29, 0.717) is 23.1 Å². The minimum Gasteiger partial charge on any atom is -0.497 e. The molecule has 0 aliphatic heterocycles. The van der Waals surface area contributed by atoms with Gasteiger partial charge in [-0.15, -0.1) is 0 Å². The van der Waals surface area contributed by atoms with Crippen molar-refractivity contribution in [3.63, 3.8) is 0 Å². The smallest absolute Gasteiger partial charge is 0.338 e. The number of ketones is 1. The van der Waals surface area contributed by atoms with E-state index < -0.39 is 5.97 Å². The molecule has 0 atom stereocenters. The van der Waals surface area contributed by atoms with E-state index >= 15 is 0 Å². The van der Waals surface area contributed by atoms with Crippen molar-refractivity contribution in [1.29, 1.82) is 0 Å². The minimum absolute atomic E-state index is 0.201. The first-order valence-electron chi connectivity index (χ1n) is 8.56. The topological polar surface area (TPSA) is 66.8 Å². The zero-order valence-corrected chi connectivity index (χ0v) is 15.5. The van der Waals surface area contributed by atoms with E-state index in [4.69, 9.17) is 14.2 Å². The Kier molecular flexibility index (Phi) is 5.02. The van der Waals surface area contributed by atoms with Crippen LogP contribution in [-0.4, -0.2) is 37.1 Å². The highest BCUT2D eigenvalue weighted by Crippen LogP contribution is 2.38. The number of methoxy groups -OCH3 is 2. The molecule has 0 saturated heterocycles.